The van der Waals surface area contributed by atoms with Gasteiger partial charge in [0.15, 0.2) is 0 Å². The van der Waals surface area contributed by atoms with Crippen molar-refractivity contribution in [1.29, 1.82) is 0 Å². The second-order valence-corrected chi connectivity index (χ2v) is 7.24. The second-order valence-electron chi connectivity index (χ2n) is 7.24. The Morgan fingerprint density at radius 1 is 1.23 bits per heavy atom. The van der Waals surface area contributed by atoms with E-state index in [2.05, 4.69) is 40.0 Å². The number of rotatable bonds is 3. The smallest absolute Gasteiger partial charge is 0.228 e. The molecule has 2 N–H and O–H groups in total. The number of nitrogens with one attached hydrogen (secondary N) is 2. The first-order valence-electron chi connectivity index (χ1n) is 9.37. The third-order valence-electron chi connectivity index (χ3n) is 5.56. The summed E-state index contributed by atoms with van der Waals surface area (Å²) in [5.74, 6) is 1.10. The Bertz CT molecular complexity index is 767. The lowest BCUT2D eigenvalue weighted by molar-refractivity contribution is -0.120. The maximum Gasteiger partial charge on any atom is 0.228 e. The minimum absolute atomic E-state index is 0. The van der Waals surface area contributed by atoms with Crippen molar-refractivity contribution < 1.29 is 4.79 Å². The molecule has 6 heteroatoms. The molecule has 140 valence electrons. The molecule has 1 aromatic heterocycles. The van der Waals surface area contributed by atoms with Crippen LogP contribution < -0.4 is 10.6 Å². The van der Waals surface area contributed by atoms with Crippen LogP contribution in [0.2, 0.25) is 0 Å². The number of piperidine rings is 1. The van der Waals surface area contributed by atoms with E-state index in [1.807, 2.05) is 17.8 Å². The molecule has 2 heterocycles. The lowest BCUT2D eigenvalue weighted by Crippen LogP contribution is -2.35. The van der Waals surface area contributed by atoms with Gasteiger partial charge in [0, 0.05) is 11.5 Å². The summed E-state index contributed by atoms with van der Waals surface area (Å²) in [6.45, 7) is 3.87. The van der Waals surface area contributed by atoms with Crippen molar-refractivity contribution >= 4 is 24.1 Å². The highest BCUT2D eigenvalue weighted by Gasteiger charge is 2.27. The van der Waals surface area contributed by atoms with E-state index in [0.717, 1.165) is 56.6 Å². The molecular weight excluding hydrogens is 348 g/mol. The molecule has 1 unspecified atom stereocenters. The summed E-state index contributed by atoms with van der Waals surface area (Å²) in [7, 11) is 0. The number of hydrogen-bond donors (Lipinski definition) is 2. The fraction of sp³-hybridized carbons (Fsp3) is 0.500. The largest absolute Gasteiger partial charge is 0.317 e. The Kier molecular flexibility index (Phi) is 5.99. The van der Waals surface area contributed by atoms with Crippen molar-refractivity contribution in [1.82, 2.24) is 15.1 Å². The second kappa shape index (κ2) is 8.23. The molecule has 0 spiro atoms. The maximum absolute atomic E-state index is 12.7. The molecule has 0 radical (unpaired) electrons. The summed E-state index contributed by atoms with van der Waals surface area (Å²) in [5, 5.41) is 11.1. The SMILES string of the molecule is Cc1cnn(C2CCCc3ccccc32)c1NC(=O)C1CCNCC1.Cl. The van der Waals surface area contributed by atoms with Gasteiger partial charge in [0.25, 0.3) is 0 Å². The first kappa shape index (κ1) is 18.9. The van der Waals surface area contributed by atoms with Gasteiger partial charge in [-0.15, -0.1) is 12.4 Å². The van der Waals surface area contributed by atoms with Crippen LogP contribution in [-0.4, -0.2) is 28.8 Å². The van der Waals surface area contributed by atoms with Gasteiger partial charge in [-0.25, -0.2) is 4.68 Å². The Hall–Kier alpha value is -1.85. The van der Waals surface area contributed by atoms with Crippen molar-refractivity contribution in [2.24, 2.45) is 5.92 Å². The molecule has 2 aromatic rings. The molecule has 0 saturated carbocycles. The first-order valence-corrected chi connectivity index (χ1v) is 9.37. The van der Waals surface area contributed by atoms with Gasteiger partial charge in [0.05, 0.1) is 12.2 Å². The molecule has 1 saturated heterocycles. The zero-order chi connectivity index (χ0) is 17.2. The molecule has 1 fully saturated rings. The van der Waals surface area contributed by atoms with Gasteiger partial charge in [-0.3, -0.25) is 4.79 Å². The van der Waals surface area contributed by atoms with Crippen LogP contribution in [-0.2, 0) is 11.2 Å². The van der Waals surface area contributed by atoms with E-state index in [1.54, 1.807) is 0 Å². The number of anilines is 1. The highest BCUT2D eigenvalue weighted by atomic mass is 35.5. The molecule has 2 aliphatic rings. The number of carbonyl (C=O) groups is 1. The van der Waals surface area contributed by atoms with Crippen LogP contribution >= 0.6 is 12.4 Å². The molecule has 4 rings (SSSR count). The highest BCUT2D eigenvalue weighted by Crippen LogP contribution is 2.35. The van der Waals surface area contributed by atoms with Gasteiger partial charge in [-0.05, 0) is 63.2 Å². The fourth-order valence-corrected chi connectivity index (χ4v) is 4.13. The topological polar surface area (TPSA) is 59.0 Å². The van der Waals surface area contributed by atoms with Gasteiger partial charge in [-0.1, -0.05) is 24.3 Å². The number of aromatic nitrogens is 2. The molecule has 26 heavy (non-hydrogen) atoms. The third kappa shape index (κ3) is 3.64. The molecule has 1 aliphatic heterocycles. The van der Waals surface area contributed by atoms with Crippen molar-refractivity contribution in [2.75, 3.05) is 18.4 Å². The summed E-state index contributed by atoms with van der Waals surface area (Å²) >= 11 is 0. The molecule has 5 nitrogen and oxygen atoms in total. The number of amides is 1. The third-order valence-corrected chi connectivity index (χ3v) is 5.56. The molecule has 0 bridgehead atoms. The summed E-state index contributed by atoms with van der Waals surface area (Å²) in [4.78, 5) is 12.7. The predicted molar refractivity (Wildman–Crippen MR) is 106 cm³/mol. The number of carbonyl (C=O) groups excluding carboxylic acids is 1. The molecular formula is C20H27ClN4O. The van der Waals surface area contributed by atoms with Crippen LogP contribution in [0.15, 0.2) is 30.5 Å². The molecule has 1 atom stereocenters. The van der Waals surface area contributed by atoms with Crippen LogP contribution in [0.3, 0.4) is 0 Å². The van der Waals surface area contributed by atoms with Crippen molar-refractivity contribution in [3.8, 4) is 0 Å². The molecule has 1 amide bonds. The normalized spacial score (nSPS) is 20.1. The standard InChI is InChI=1S/C20H26N4O.ClH/c1-14-13-22-24(18-8-4-6-15-5-2-3-7-17(15)18)19(14)23-20(25)16-9-11-21-12-10-16;/h2-3,5,7,13,16,18,21H,4,6,8-12H2,1H3,(H,23,25);1H. The van der Waals surface area contributed by atoms with Crippen molar-refractivity contribution in [3.63, 3.8) is 0 Å². The summed E-state index contributed by atoms with van der Waals surface area (Å²) in [6, 6.07) is 8.83. The minimum atomic E-state index is 0. The van der Waals surface area contributed by atoms with Crippen LogP contribution in [0, 0.1) is 12.8 Å². The molecule has 1 aromatic carbocycles. The van der Waals surface area contributed by atoms with Crippen LogP contribution in [0.4, 0.5) is 5.82 Å². The lowest BCUT2D eigenvalue weighted by atomic mass is 9.88. The van der Waals surface area contributed by atoms with Crippen LogP contribution in [0.1, 0.15) is 48.4 Å². The van der Waals surface area contributed by atoms with E-state index >= 15 is 0 Å². The van der Waals surface area contributed by atoms with Gasteiger partial charge >= 0.3 is 0 Å². The monoisotopic (exact) mass is 374 g/mol. The van der Waals surface area contributed by atoms with E-state index in [4.69, 9.17) is 0 Å². The maximum atomic E-state index is 12.7. The van der Waals surface area contributed by atoms with Crippen molar-refractivity contribution in [3.05, 3.63) is 47.2 Å². The predicted octanol–water partition coefficient (Wildman–Crippen LogP) is 3.48. The number of benzene rings is 1. The highest BCUT2D eigenvalue weighted by molar-refractivity contribution is 5.92. The average Bonchev–Trinajstić information content (AvgIpc) is 3.02. The quantitative estimate of drug-likeness (QED) is 0.864. The number of fused-ring (bicyclic) bond motifs is 1. The van der Waals surface area contributed by atoms with Crippen LogP contribution in [0.25, 0.3) is 0 Å². The van der Waals surface area contributed by atoms with Gasteiger partial charge in [-0.2, -0.15) is 5.10 Å². The molecule has 1 aliphatic carbocycles. The van der Waals surface area contributed by atoms with Crippen molar-refractivity contribution in [2.45, 2.75) is 45.1 Å². The first-order chi connectivity index (χ1) is 12.2. The van der Waals surface area contributed by atoms with Gasteiger partial charge in [0.2, 0.25) is 5.91 Å². The van der Waals surface area contributed by atoms with E-state index < -0.39 is 0 Å². The Labute approximate surface area is 161 Å². The number of halogens is 1. The number of nitrogens with zero attached hydrogens (tertiary/aromatic N) is 2. The average molecular weight is 375 g/mol. The summed E-state index contributed by atoms with van der Waals surface area (Å²) in [6.07, 6.45) is 7.03. The minimum Gasteiger partial charge on any atom is -0.317 e. The summed E-state index contributed by atoms with van der Waals surface area (Å²) < 4.78 is 2.03. The van der Waals surface area contributed by atoms with E-state index in [-0.39, 0.29) is 30.3 Å². The fourth-order valence-electron chi connectivity index (χ4n) is 4.13. The Balaban J connectivity index is 0.00000196. The van der Waals surface area contributed by atoms with Crippen LogP contribution in [0.5, 0.6) is 0 Å². The van der Waals surface area contributed by atoms with Gasteiger partial charge in [0.1, 0.15) is 5.82 Å². The Morgan fingerprint density at radius 3 is 2.81 bits per heavy atom. The number of hydrogen-bond acceptors (Lipinski definition) is 3. The summed E-state index contributed by atoms with van der Waals surface area (Å²) in [5.41, 5.74) is 3.78. The zero-order valence-electron chi connectivity index (χ0n) is 15.2. The lowest BCUT2D eigenvalue weighted by Gasteiger charge is -2.28. The van der Waals surface area contributed by atoms with E-state index in [9.17, 15) is 4.79 Å². The Morgan fingerprint density at radius 2 is 2.00 bits per heavy atom. The zero-order valence-corrected chi connectivity index (χ0v) is 16.0. The van der Waals surface area contributed by atoms with Gasteiger partial charge < -0.3 is 10.6 Å². The van der Waals surface area contributed by atoms with E-state index in [1.165, 1.54) is 11.1 Å². The van der Waals surface area contributed by atoms with E-state index in [0.29, 0.717) is 0 Å². The number of aryl methyl sites for hydroxylation is 2.